The van der Waals surface area contributed by atoms with Gasteiger partial charge in [-0.2, -0.15) is 0 Å². The van der Waals surface area contributed by atoms with Crippen LogP contribution in [0.25, 0.3) is 0 Å². The van der Waals surface area contributed by atoms with E-state index in [-0.39, 0.29) is 6.54 Å². The summed E-state index contributed by atoms with van der Waals surface area (Å²) in [5.74, 6) is 0. The van der Waals surface area contributed by atoms with Crippen LogP contribution in [0.1, 0.15) is 122 Å². The second kappa shape index (κ2) is 17.7. The van der Waals surface area contributed by atoms with Crippen LogP contribution in [-0.2, 0) is 0 Å². The molecule has 0 heterocycles. The number of rotatable bonds is 19. The van der Waals surface area contributed by atoms with Crippen molar-refractivity contribution in [1.82, 2.24) is 0 Å². The Bertz CT molecular complexity index is 242. The molecule has 24 heavy (non-hydrogen) atoms. The Morgan fingerprint density at radius 1 is 0.417 bits per heavy atom. The van der Waals surface area contributed by atoms with Crippen LogP contribution in [0.3, 0.4) is 0 Å². The van der Waals surface area contributed by atoms with Crippen LogP contribution in [0.5, 0.6) is 0 Å². The van der Waals surface area contributed by atoms with Crippen LogP contribution in [0, 0.1) is 0 Å². The molecule has 0 aliphatic carbocycles. The molecule has 4 heteroatoms. The average molecular weight is 347 g/mol. The van der Waals surface area contributed by atoms with Crippen molar-refractivity contribution < 1.29 is 20.6 Å². The normalized spacial score (nSPS) is 12.0. The molecule has 0 rings (SSSR count). The van der Waals surface area contributed by atoms with Gasteiger partial charge in [0.2, 0.25) is 0 Å². The molecule has 0 spiro atoms. The van der Waals surface area contributed by atoms with Gasteiger partial charge in [0.1, 0.15) is 0 Å². The molecule has 4 nitrogen and oxygen atoms in total. The van der Waals surface area contributed by atoms with E-state index in [1.54, 1.807) is 0 Å². The molecule has 0 aliphatic heterocycles. The van der Waals surface area contributed by atoms with Gasteiger partial charge >= 0.3 is 0 Å². The maximum atomic E-state index is 8.70. The van der Waals surface area contributed by atoms with Crippen LogP contribution in [0.4, 0.5) is 0 Å². The minimum atomic E-state index is -1.88. The highest BCUT2D eigenvalue weighted by atomic mass is 17.1. The van der Waals surface area contributed by atoms with Gasteiger partial charge in [0.15, 0.2) is 6.54 Å². The lowest BCUT2D eigenvalue weighted by Gasteiger charge is -2.10. The van der Waals surface area contributed by atoms with E-state index < -0.39 is 4.97 Å². The minimum absolute atomic E-state index is 0.00125. The highest BCUT2D eigenvalue weighted by Gasteiger charge is 2.16. The first-order valence-electron chi connectivity index (χ1n) is 10.6. The van der Waals surface area contributed by atoms with Gasteiger partial charge in [-0.15, -0.1) is 15.6 Å². The maximum Gasteiger partial charge on any atom is 0.177 e. The van der Waals surface area contributed by atoms with E-state index in [9.17, 15) is 0 Å². The van der Waals surface area contributed by atoms with E-state index >= 15 is 0 Å². The zero-order chi connectivity index (χ0) is 17.9. The Kier molecular flexibility index (Phi) is 17.5. The van der Waals surface area contributed by atoms with Gasteiger partial charge in [0, 0.05) is 6.42 Å². The molecule has 0 aliphatic rings. The summed E-state index contributed by atoms with van der Waals surface area (Å²) in [6.07, 6.45) is 23.5. The lowest BCUT2D eigenvalue weighted by Crippen LogP contribution is -2.37. The SMILES string of the molecule is CCCCCCCCCCCCCCCCCCCC[N+](O)(O)O. The largest absolute Gasteiger partial charge is 0.177 e. The predicted octanol–water partition coefficient (Wildman–Crippen LogP) is 7.01. The van der Waals surface area contributed by atoms with Gasteiger partial charge in [0.05, 0.1) is 4.97 Å². The maximum absolute atomic E-state index is 8.70. The molecular formula is C20H44NO3+. The van der Waals surface area contributed by atoms with Crippen molar-refractivity contribution in [2.75, 3.05) is 6.54 Å². The fourth-order valence-electron chi connectivity index (χ4n) is 3.23. The van der Waals surface area contributed by atoms with Crippen molar-refractivity contribution in [1.29, 1.82) is 0 Å². The first kappa shape index (κ1) is 23.8. The van der Waals surface area contributed by atoms with Crippen LogP contribution in [0.2, 0.25) is 0 Å². The standard InChI is InChI=1S/C20H44NO3/c1-2-3-4-5-6-7-8-9-10-11-12-13-14-15-16-17-18-19-20-21(22,23)24/h22-24H,2-20H2,1H3/q+1. The number of quaternary nitrogens is 1. The van der Waals surface area contributed by atoms with Gasteiger partial charge in [-0.05, 0) is 6.42 Å². The van der Waals surface area contributed by atoms with Crippen molar-refractivity contribution in [3.8, 4) is 0 Å². The second-order valence-corrected chi connectivity index (χ2v) is 7.43. The Labute approximate surface area is 150 Å². The van der Waals surface area contributed by atoms with Crippen molar-refractivity contribution in [2.45, 2.75) is 122 Å². The molecule has 0 saturated heterocycles. The summed E-state index contributed by atoms with van der Waals surface area (Å²) in [5.41, 5.74) is 0. The average Bonchev–Trinajstić information content (AvgIpc) is 2.52. The molecule has 0 saturated carbocycles. The summed E-state index contributed by atoms with van der Waals surface area (Å²) in [4.78, 5) is -1.88. The summed E-state index contributed by atoms with van der Waals surface area (Å²) in [6, 6.07) is 0. The number of unbranched alkanes of at least 4 members (excludes halogenated alkanes) is 17. The molecule has 0 atom stereocenters. The molecule has 146 valence electrons. The van der Waals surface area contributed by atoms with E-state index in [2.05, 4.69) is 6.92 Å². The van der Waals surface area contributed by atoms with Crippen LogP contribution >= 0.6 is 0 Å². The summed E-state index contributed by atoms with van der Waals surface area (Å²) < 4.78 is 0. The van der Waals surface area contributed by atoms with E-state index in [1.807, 2.05) is 0 Å². The predicted molar refractivity (Wildman–Crippen MR) is 99.3 cm³/mol. The molecule has 0 fully saturated rings. The van der Waals surface area contributed by atoms with Gasteiger partial charge in [-0.3, -0.25) is 0 Å². The van der Waals surface area contributed by atoms with E-state index in [1.165, 1.54) is 96.3 Å². The van der Waals surface area contributed by atoms with Crippen LogP contribution < -0.4 is 0 Å². The fourth-order valence-corrected chi connectivity index (χ4v) is 3.23. The van der Waals surface area contributed by atoms with Gasteiger partial charge < -0.3 is 0 Å². The molecular weight excluding hydrogens is 302 g/mol. The first-order valence-corrected chi connectivity index (χ1v) is 10.6. The van der Waals surface area contributed by atoms with Crippen LogP contribution in [0.15, 0.2) is 0 Å². The number of nitrogens with zero attached hydrogens (tertiary/aromatic N) is 1. The van der Waals surface area contributed by atoms with Gasteiger partial charge in [0.25, 0.3) is 0 Å². The third-order valence-corrected chi connectivity index (χ3v) is 4.81. The monoisotopic (exact) mass is 346 g/mol. The zero-order valence-electron chi connectivity index (χ0n) is 16.2. The molecule has 0 radical (unpaired) electrons. The third-order valence-electron chi connectivity index (χ3n) is 4.81. The van der Waals surface area contributed by atoms with E-state index in [0.717, 1.165) is 12.8 Å². The molecule has 3 N–H and O–H groups in total. The Morgan fingerprint density at radius 2 is 0.667 bits per heavy atom. The van der Waals surface area contributed by atoms with E-state index in [4.69, 9.17) is 15.6 Å². The summed E-state index contributed by atoms with van der Waals surface area (Å²) in [5, 5.41) is 26.1. The third kappa shape index (κ3) is 21.8. The molecule has 0 bridgehead atoms. The molecule has 0 aromatic heterocycles. The van der Waals surface area contributed by atoms with Crippen molar-refractivity contribution in [3.05, 3.63) is 0 Å². The molecule has 0 aromatic rings. The summed E-state index contributed by atoms with van der Waals surface area (Å²) in [7, 11) is 0. The first-order chi connectivity index (χ1) is 11.6. The topological polar surface area (TPSA) is 60.7 Å². The lowest BCUT2D eigenvalue weighted by molar-refractivity contribution is -1.37. The number of hydrogen-bond acceptors (Lipinski definition) is 3. The van der Waals surface area contributed by atoms with Gasteiger partial charge in [-0.1, -0.05) is 110 Å². The summed E-state index contributed by atoms with van der Waals surface area (Å²) >= 11 is 0. The smallest absolute Gasteiger partial charge is 0.146 e. The molecule has 0 unspecified atom stereocenters. The van der Waals surface area contributed by atoms with Gasteiger partial charge in [-0.25, -0.2) is 0 Å². The molecule has 0 aromatic carbocycles. The fraction of sp³-hybridized carbons (Fsp3) is 1.00. The van der Waals surface area contributed by atoms with Crippen molar-refractivity contribution in [3.63, 3.8) is 0 Å². The summed E-state index contributed by atoms with van der Waals surface area (Å²) in [6.45, 7) is 2.27. The number of hydroxylamine groups is 3. The lowest BCUT2D eigenvalue weighted by atomic mass is 10.0. The Morgan fingerprint density at radius 3 is 0.917 bits per heavy atom. The minimum Gasteiger partial charge on any atom is -0.146 e. The van der Waals surface area contributed by atoms with Crippen molar-refractivity contribution in [2.24, 2.45) is 0 Å². The molecule has 0 amide bonds. The Balaban J connectivity index is 3.00. The van der Waals surface area contributed by atoms with E-state index in [0.29, 0.717) is 6.42 Å². The van der Waals surface area contributed by atoms with Crippen LogP contribution in [-0.4, -0.2) is 27.1 Å². The second-order valence-electron chi connectivity index (χ2n) is 7.43. The Hall–Kier alpha value is -0.160. The zero-order valence-corrected chi connectivity index (χ0v) is 16.2. The number of hydrogen-bond donors (Lipinski definition) is 3. The quantitative estimate of drug-likeness (QED) is 0.134. The highest BCUT2D eigenvalue weighted by Crippen LogP contribution is 2.14. The van der Waals surface area contributed by atoms with Crippen molar-refractivity contribution >= 4 is 0 Å². The highest BCUT2D eigenvalue weighted by molar-refractivity contribution is 4.50.